The Morgan fingerprint density at radius 2 is 2.06 bits per heavy atom. The third-order valence-electron chi connectivity index (χ3n) is 2.68. The van der Waals surface area contributed by atoms with Crippen LogP contribution in [0.1, 0.15) is 5.69 Å². The van der Waals surface area contributed by atoms with Crippen LogP contribution in [0.25, 0.3) is 16.9 Å². The molecule has 0 aliphatic rings. The van der Waals surface area contributed by atoms with E-state index in [0.29, 0.717) is 11.0 Å². The van der Waals surface area contributed by atoms with Crippen molar-refractivity contribution in [2.45, 2.75) is 6.92 Å². The number of hydrogen-bond donors (Lipinski definition) is 1. The van der Waals surface area contributed by atoms with E-state index in [4.69, 9.17) is 17.3 Å². The highest BCUT2D eigenvalue weighted by atomic mass is 35.5. The summed E-state index contributed by atoms with van der Waals surface area (Å²) in [5, 5.41) is 4.68. The minimum absolute atomic E-state index is 0.421. The van der Waals surface area contributed by atoms with Gasteiger partial charge in [-0.1, -0.05) is 11.6 Å². The monoisotopic (exact) mass is 259 g/mol. The molecule has 3 aromatic heterocycles. The molecule has 0 radical (unpaired) electrons. The summed E-state index contributed by atoms with van der Waals surface area (Å²) in [7, 11) is 0. The van der Waals surface area contributed by atoms with Gasteiger partial charge in [-0.3, -0.25) is 0 Å². The topological polar surface area (TPSA) is 69.1 Å². The number of pyridine rings is 1. The van der Waals surface area contributed by atoms with Crippen LogP contribution in [0.4, 0.5) is 5.82 Å². The van der Waals surface area contributed by atoms with Crippen molar-refractivity contribution in [2.75, 3.05) is 5.73 Å². The maximum Gasteiger partial charge on any atom is 0.154 e. The van der Waals surface area contributed by atoms with Gasteiger partial charge in [0.25, 0.3) is 0 Å². The summed E-state index contributed by atoms with van der Waals surface area (Å²) < 4.78 is 1.71. The lowest BCUT2D eigenvalue weighted by Gasteiger charge is -2.02. The van der Waals surface area contributed by atoms with Gasteiger partial charge in [0.05, 0.1) is 11.4 Å². The van der Waals surface area contributed by atoms with Gasteiger partial charge >= 0.3 is 0 Å². The summed E-state index contributed by atoms with van der Waals surface area (Å²) in [6.07, 6.45) is 1.70. The lowest BCUT2D eigenvalue weighted by Crippen LogP contribution is -1.96. The van der Waals surface area contributed by atoms with E-state index < -0.39 is 0 Å². The highest BCUT2D eigenvalue weighted by Crippen LogP contribution is 2.24. The zero-order chi connectivity index (χ0) is 12.7. The highest BCUT2D eigenvalue weighted by Gasteiger charge is 2.12. The molecule has 0 saturated heterocycles. The molecule has 5 nitrogen and oxygen atoms in total. The number of anilines is 1. The number of nitrogens with two attached hydrogens (primary N) is 1. The molecular weight excluding hydrogens is 250 g/mol. The van der Waals surface area contributed by atoms with Crippen molar-refractivity contribution in [1.29, 1.82) is 0 Å². The summed E-state index contributed by atoms with van der Waals surface area (Å²) >= 11 is 5.92. The van der Waals surface area contributed by atoms with E-state index in [1.807, 2.05) is 19.1 Å². The van der Waals surface area contributed by atoms with Gasteiger partial charge in [0.15, 0.2) is 5.65 Å². The smallest absolute Gasteiger partial charge is 0.154 e. The molecular formula is C12H10ClN5. The Hall–Kier alpha value is -2.14. The minimum Gasteiger partial charge on any atom is -0.384 e. The van der Waals surface area contributed by atoms with Crippen molar-refractivity contribution < 1.29 is 0 Å². The number of aromatic nitrogens is 4. The van der Waals surface area contributed by atoms with E-state index >= 15 is 0 Å². The van der Waals surface area contributed by atoms with Gasteiger partial charge in [-0.05, 0) is 31.2 Å². The molecule has 0 aliphatic heterocycles. The SMILES string of the molecule is Cc1nc2ccc(Cl)nn2c1-c1ccc(N)nc1. The van der Waals surface area contributed by atoms with E-state index in [9.17, 15) is 0 Å². The molecule has 0 fully saturated rings. The summed E-state index contributed by atoms with van der Waals surface area (Å²) in [5.41, 5.74) is 8.99. The van der Waals surface area contributed by atoms with Gasteiger partial charge in [0.1, 0.15) is 11.0 Å². The van der Waals surface area contributed by atoms with Gasteiger partial charge in [-0.15, -0.1) is 0 Å². The maximum absolute atomic E-state index is 5.92. The standard InChI is InChI=1S/C12H10ClN5/c1-7-12(8-2-4-10(14)15-6-8)18-11(16-7)5-3-9(13)17-18/h2-6H,1H3,(H2,14,15). The van der Waals surface area contributed by atoms with Crippen LogP contribution in [0.15, 0.2) is 30.5 Å². The summed E-state index contributed by atoms with van der Waals surface area (Å²) in [4.78, 5) is 8.52. The Kier molecular flexibility index (Phi) is 2.41. The van der Waals surface area contributed by atoms with E-state index in [1.165, 1.54) is 0 Å². The van der Waals surface area contributed by atoms with Crippen molar-refractivity contribution in [3.63, 3.8) is 0 Å². The second kappa shape index (κ2) is 3.96. The van der Waals surface area contributed by atoms with Crippen LogP contribution in [0.3, 0.4) is 0 Å². The van der Waals surface area contributed by atoms with Gasteiger partial charge in [0, 0.05) is 11.8 Å². The number of aryl methyl sites for hydroxylation is 1. The molecule has 3 heterocycles. The molecule has 0 aliphatic carbocycles. The molecule has 90 valence electrons. The molecule has 0 amide bonds. The van der Waals surface area contributed by atoms with Crippen LogP contribution in [0, 0.1) is 6.92 Å². The van der Waals surface area contributed by atoms with E-state index in [2.05, 4.69) is 15.1 Å². The van der Waals surface area contributed by atoms with Crippen LogP contribution in [-0.2, 0) is 0 Å². The molecule has 0 spiro atoms. The molecule has 3 rings (SSSR count). The predicted octanol–water partition coefficient (Wildman–Crippen LogP) is 2.34. The quantitative estimate of drug-likeness (QED) is 0.728. The van der Waals surface area contributed by atoms with Crippen molar-refractivity contribution in [3.05, 3.63) is 41.3 Å². The molecule has 18 heavy (non-hydrogen) atoms. The predicted molar refractivity (Wildman–Crippen MR) is 70.4 cm³/mol. The lowest BCUT2D eigenvalue weighted by molar-refractivity contribution is 0.941. The Morgan fingerprint density at radius 1 is 1.22 bits per heavy atom. The largest absolute Gasteiger partial charge is 0.384 e. The lowest BCUT2D eigenvalue weighted by atomic mass is 10.2. The van der Waals surface area contributed by atoms with Crippen molar-refractivity contribution in [3.8, 4) is 11.3 Å². The Labute approximate surface area is 108 Å². The van der Waals surface area contributed by atoms with E-state index in [-0.39, 0.29) is 0 Å². The molecule has 0 unspecified atom stereocenters. The number of hydrogen-bond acceptors (Lipinski definition) is 4. The van der Waals surface area contributed by atoms with Gasteiger partial charge in [0.2, 0.25) is 0 Å². The number of fused-ring (bicyclic) bond motifs is 1. The summed E-state index contributed by atoms with van der Waals surface area (Å²) in [6, 6.07) is 7.19. The van der Waals surface area contributed by atoms with Gasteiger partial charge < -0.3 is 5.73 Å². The number of imidazole rings is 1. The first-order valence-corrected chi connectivity index (χ1v) is 5.77. The number of rotatable bonds is 1. The molecule has 0 saturated carbocycles. The number of halogens is 1. The molecule has 0 bridgehead atoms. The molecule has 2 N–H and O–H groups in total. The first kappa shape index (κ1) is 11.0. The van der Waals surface area contributed by atoms with Crippen LogP contribution < -0.4 is 5.73 Å². The van der Waals surface area contributed by atoms with Crippen LogP contribution in [0.2, 0.25) is 5.15 Å². The zero-order valence-corrected chi connectivity index (χ0v) is 10.4. The molecule has 6 heteroatoms. The van der Waals surface area contributed by atoms with Gasteiger partial charge in [-0.2, -0.15) is 5.10 Å². The first-order valence-electron chi connectivity index (χ1n) is 5.39. The molecule has 0 atom stereocenters. The Morgan fingerprint density at radius 3 is 2.78 bits per heavy atom. The van der Waals surface area contributed by atoms with Crippen molar-refractivity contribution in [1.82, 2.24) is 19.6 Å². The third kappa shape index (κ3) is 1.69. The second-order valence-electron chi connectivity index (χ2n) is 3.94. The maximum atomic E-state index is 5.92. The average Bonchev–Trinajstić information content (AvgIpc) is 2.66. The normalized spacial score (nSPS) is 11.0. The van der Waals surface area contributed by atoms with Crippen LogP contribution in [0.5, 0.6) is 0 Å². The second-order valence-corrected chi connectivity index (χ2v) is 4.33. The Balaban J connectivity index is 2.30. The third-order valence-corrected chi connectivity index (χ3v) is 2.88. The fraction of sp³-hybridized carbons (Fsp3) is 0.0833. The number of nitrogens with zero attached hydrogens (tertiary/aromatic N) is 4. The van der Waals surface area contributed by atoms with Crippen molar-refractivity contribution in [2.24, 2.45) is 0 Å². The van der Waals surface area contributed by atoms with E-state index in [0.717, 1.165) is 22.6 Å². The summed E-state index contributed by atoms with van der Waals surface area (Å²) in [6.45, 7) is 1.92. The highest BCUT2D eigenvalue weighted by molar-refractivity contribution is 6.29. The fourth-order valence-corrected chi connectivity index (χ4v) is 2.04. The van der Waals surface area contributed by atoms with Crippen LogP contribution >= 0.6 is 11.6 Å². The first-order chi connectivity index (χ1) is 8.65. The Bertz CT molecular complexity index is 717. The zero-order valence-electron chi connectivity index (χ0n) is 9.63. The fourth-order valence-electron chi connectivity index (χ4n) is 1.90. The van der Waals surface area contributed by atoms with Gasteiger partial charge in [-0.25, -0.2) is 14.5 Å². The number of nitrogen functional groups attached to an aromatic ring is 1. The van der Waals surface area contributed by atoms with E-state index in [1.54, 1.807) is 22.8 Å². The van der Waals surface area contributed by atoms with Crippen LogP contribution in [-0.4, -0.2) is 19.6 Å². The average molecular weight is 260 g/mol. The molecule has 0 aromatic carbocycles. The summed E-state index contributed by atoms with van der Waals surface area (Å²) in [5.74, 6) is 0.483. The van der Waals surface area contributed by atoms with Crippen molar-refractivity contribution >= 4 is 23.1 Å². The minimum atomic E-state index is 0.421. The molecule has 3 aromatic rings.